The summed E-state index contributed by atoms with van der Waals surface area (Å²) in [6, 6.07) is 0. The van der Waals surface area contributed by atoms with Gasteiger partial charge in [-0.05, 0) is 0 Å². The fourth-order valence-electron chi connectivity index (χ4n) is 2.58. The Bertz CT molecular complexity index is 401. The molecule has 0 radical (unpaired) electrons. The fourth-order valence-corrected chi connectivity index (χ4v) is 3.18. The van der Waals surface area contributed by atoms with Crippen LogP contribution in [0.4, 0.5) is 0 Å². The molecule has 0 aliphatic carbocycles. The number of aliphatic hydroxyl groups excluding tert-OH is 6. The minimum absolute atomic E-state index is 0.414. The summed E-state index contributed by atoms with van der Waals surface area (Å²) in [6.45, 7) is -1.14. The summed E-state index contributed by atoms with van der Waals surface area (Å²) in [5.41, 5.74) is 0. The smallest absolute Gasteiger partial charge is 0.213 e. The Labute approximate surface area is 141 Å². The average molecular weight is 379 g/mol. The molecule has 9 atom stereocenters. The third kappa shape index (κ3) is 3.46. The van der Waals surface area contributed by atoms with E-state index in [2.05, 4.69) is 0 Å². The minimum Gasteiger partial charge on any atom is -0.394 e. The van der Waals surface area contributed by atoms with Gasteiger partial charge in [-0.3, -0.25) is 0 Å². The monoisotopic (exact) mass is 378 g/mol. The van der Waals surface area contributed by atoms with Crippen molar-refractivity contribution in [2.24, 2.45) is 0 Å². The van der Waals surface area contributed by atoms with Gasteiger partial charge in [0, 0.05) is 0 Å². The second-order valence-corrected chi connectivity index (χ2v) is 6.26. The van der Waals surface area contributed by atoms with Gasteiger partial charge in [0.25, 0.3) is 0 Å². The molecule has 23 heavy (non-hydrogen) atoms. The van der Waals surface area contributed by atoms with E-state index in [1.54, 1.807) is 0 Å². The van der Waals surface area contributed by atoms with Gasteiger partial charge in [0.15, 0.2) is 6.29 Å². The molecule has 0 aromatic carbocycles. The lowest BCUT2D eigenvalue weighted by molar-refractivity contribution is -0.371. The standard InChI is InChI=1S/C12H20Cl2O9/c13-3-12(10(20)6(14)4(1-15)22-12)23-11-9(19)8(18)7(17)5(2-16)21-11/h4-11,15-20H,1-3H2/t4-,5-,6-,7-,8+,9-,10+,11-,12+/m1/s1. The van der Waals surface area contributed by atoms with Gasteiger partial charge in [0.1, 0.15) is 36.6 Å². The zero-order valence-electron chi connectivity index (χ0n) is 11.9. The van der Waals surface area contributed by atoms with Crippen LogP contribution in [0.2, 0.25) is 0 Å². The number of alkyl halides is 2. The van der Waals surface area contributed by atoms with E-state index >= 15 is 0 Å². The molecule has 0 saturated carbocycles. The van der Waals surface area contributed by atoms with Crippen molar-refractivity contribution >= 4 is 23.2 Å². The normalized spacial score (nSPS) is 51.1. The van der Waals surface area contributed by atoms with Gasteiger partial charge < -0.3 is 44.8 Å². The van der Waals surface area contributed by atoms with Crippen molar-refractivity contribution in [3.63, 3.8) is 0 Å². The van der Waals surface area contributed by atoms with Crippen LogP contribution < -0.4 is 0 Å². The van der Waals surface area contributed by atoms with Gasteiger partial charge in [-0.25, -0.2) is 0 Å². The molecular formula is C12H20Cl2O9. The Kier molecular flexibility index (Phi) is 6.48. The minimum atomic E-state index is -1.89. The van der Waals surface area contributed by atoms with Crippen LogP contribution in [0.15, 0.2) is 0 Å². The summed E-state index contributed by atoms with van der Waals surface area (Å²) >= 11 is 11.7. The van der Waals surface area contributed by atoms with Gasteiger partial charge in [0.05, 0.1) is 24.5 Å². The predicted molar refractivity (Wildman–Crippen MR) is 75.9 cm³/mol. The Morgan fingerprint density at radius 1 is 0.957 bits per heavy atom. The maximum atomic E-state index is 10.2. The maximum absolute atomic E-state index is 10.2. The first-order chi connectivity index (χ1) is 10.8. The van der Waals surface area contributed by atoms with Gasteiger partial charge in [-0.1, -0.05) is 0 Å². The zero-order valence-corrected chi connectivity index (χ0v) is 13.4. The molecule has 0 aromatic rings. The molecule has 136 valence electrons. The highest BCUT2D eigenvalue weighted by Crippen LogP contribution is 2.39. The van der Waals surface area contributed by atoms with Crippen molar-refractivity contribution in [2.75, 3.05) is 19.1 Å². The number of hydrogen-bond donors (Lipinski definition) is 6. The summed E-state index contributed by atoms with van der Waals surface area (Å²) in [5.74, 6) is -2.31. The van der Waals surface area contributed by atoms with Crippen LogP contribution in [0.25, 0.3) is 0 Å². The topological polar surface area (TPSA) is 149 Å². The molecule has 2 aliphatic rings. The first kappa shape index (κ1) is 19.5. The van der Waals surface area contributed by atoms with Crippen molar-refractivity contribution in [1.29, 1.82) is 0 Å². The van der Waals surface area contributed by atoms with Crippen LogP contribution in [0.1, 0.15) is 0 Å². The van der Waals surface area contributed by atoms with Crippen LogP contribution in [0, 0.1) is 0 Å². The van der Waals surface area contributed by atoms with Crippen LogP contribution in [-0.4, -0.2) is 104 Å². The van der Waals surface area contributed by atoms with E-state index in [9.17, 15) is 25.5 Å². The highest BCUT2D eigenvalue weighted by molar-refractivity contribution is 6.22. The number of hydrogen-bond acceptors (Lipinski definition) is 9. The van der Waals surface area contributed by atoms with Gasteiger partial charge in [0.2, 0.25) is 5.79 Å². The average Bonchev–Trinajstić information content (AvgIpc) is 2.80. The molecule has 2 heterocycles. The third-order valence-corrected chi connectivity index (χ3v) is 4.88. The first-order valence-corrected chi connectivity index (χ1v) is 7.93. The quantitative estimate of drug-likeness (QED) is 0.277. The summed E-state index contributed by atoms with van der Waals surface area (Å²) in [4.78, 5) is 0. The Hall–Kier alpha value is 0.220. The van der Waals surface area contributed by atoms with E-state index in [-0.39, 0.29) is 0 Å². The van der Waals surface area contributed by atoms with E-state index in [1.807, 2.05) is 0 Å². The van der Waals surface area contributed by atoms with Gasteiger partial charge in [-0.15, -0.1) is 23.2 Å². The summed E-state index contributed by atoms with van der Waals surface area (Å²) < 4.78 is 16.0. The van der Waals surface area contributed by atoms with Crippen LogP contribution in [0.5, 0.6) is 0 Å². The second kappa shape index (κ2) is 7.63. The molecular weight excluding hydrogens is 359 g/mol. The SMILES string of the molecule is OC[C@H]1O[C@H](O[C@]2(CCl)O[C@H](CO)[C@@H](Cl)[C@@H]2O)[C@H](O)[C@@H](O)[C@@H]1O. The molecule has 6 N–H and O–H groups in total. The molecule has 9 nitrogen and oxygen atoms in total. The molecule has 0 spiro atoms. The zero-order chi connectivity index (χ0) is 17.4. The van der Waals surface area contributed by atoms with Crippen LogP contribution >= 0.6 is 23.2 Å². The predicted octanol–water partition coefficient (Wildman–Crippen LogP) is -2.90. The van der Waals surface area contributed by atoms with Crippen molar-refractivity contribution in [1.82, 2.24) is 0 Å². The lowest BCUT2D eigenvalue weighted by atomic mass is 9.99. The molecule has 0 bridgehead atoms. The molecule has 0 unspecified atom stereocenters. The fraction of sp³-hybridized carbons (Fsp3) is 1.00. The first-order valence-electron chi connectivity index (χ1n) is 6.96. The van der Waals surface area contributed by atoms with E-state index in [0.29, 0.717) is 0 Å². The third-order valence-electron chi connectivity index (χ3n) is 3.99. The maximum Gasteiger partial charge on any atom is 0.213 e. The van der Waals surface area contributed by atoms with Crippen LogP contribution in [0.3, 0.4) is 0 Å². The lowest BCUT2D eigenvalue weighted by Crippen LogP contribution is -2.62. The highest BCUT2D eigenvalue weighted by atomic mass is 35.5. The van der Waals surface area contributed by atoms with E-state index in [0.717, 1.165) is 0 Å². The van der Waals surface area contributed by atoms with Crippen molar-refractivity contribution in [3.05, 3.63) is 0 Å². The number of halogens is 2. The lowest BCUT2D eigenvalue weighted by Gasteiger charge is -2.43. The molecule has 2 fully saturated rings. The highest BCUT2D eigenvalue weighted by Gasteiger charge is 2.58. The Morgan fingerprint density at radius 3 is 2.04 bits per heavy atom. The summed E-state index contributed by atoms with van der Waals surface area (Å²) in [6.07, 6.45) is -10.1. The molecule has 0 amide bonds. The van der Waals surface area contributed by atoms with Crippen molar-refractivity contribution in [2.45, 2.75) is 54.1 Å². The molecule has 2 aliphatic heterocycles. The largest absolute Gasteiger partial charge is 0.394 e. The number of aliphatic hydroxyl groups is 6. The second-order valence-electron chi connectivity index (χ2n) is 5.49. The van der Waals surface area contributed by atoms with E-state index in [1.165, 1.54) is 0 Å². The molecule has 2 rings (SSSR count). The molecule has 11 heteroatoms. The number of rotatable bonds is 5. The van der Waals surface area contributed by atoms with Crippen LogP contribution in [-0.2, 0) is 14.2 Å². The van der Waals surface area contributed by atoms with Gasteiger partial charge >= 0.3 is 0 Å². The van der Waals surface area contributed by atoms with Crippen molar-refractivity contribution < 1.29 is 44.8 Å². The van der Waals surface area contributed by atoms with Gasteiger partial charge in [-0.2, -0.15) is 0 Å². The Morgan fingerprint density at radius 2 is 1.57 bits per heavy atom. The molecule has 2 saturated heterocycles. The Balaban J connectivity index is 2.18. The van der Waals surface area contributed by atoms with E-state index < -0.39 is 73.2 Å². The van der Waals surface area contributed by atoms with Crippen molar-refractivity contribution in [3.8, 4) is 0 Å². The molecule has 0 aromatic heterocycles. The summed E-state index contributed by atoms with van der Waals surface area (Å²) in [7, 11) is 0. The number of ether oxygens (including phenoxy) is 3. The van der Waals surface area contributed by atoms with E-state index in [4.69, 9.17) is 42.5 Å². The summed E-state index contributed by atoms with van der Waals surface area (Å²) in [5, 5.41) is 56.9.